The van der Waals surface area contributed by atoms with Crippen LogP contribution in [-0.2, 0) is 12.3 Å². The summed E-state index contributed by atoms with van der Waals surface area (Å²) in [5, 5.41) is 0. The van der Waals surface area contributed by atoms with Gasteiger partial charge in [0, 0.05) is 6.55 Å². The van der Waals surface area contributed by atoms with Crippen LogP contribution in [0.15, 0.2) is 0 Å². The van der Waals surface area contributed by atoms with E-state index in [1.165, 1.54) is 19.6 Å². The molecule has 0 aliphatic rings. The van der Waals surface area contributed by atoms with Gasteiger partial charge in [-0.15, -0.1) is 0 Å². The summed E-state index contributed by atoms with van der Waals surface area (Å²) in [4.78, 5) is 0. The lowest BCUT2D eigenvalue weighted by Gasteiger charge is -2.35. The van der Waals surface area contributed by atoms with Crippen molar-refractivity contribution in [3.8, 4) is 0 Å². The van der Waals surface area contributed by atoms with Gasteiger partial charge in [-0.25, -0.2) is 4.11 Å². The van der Waals surface area contributed by atoms with Crippen molar-refractivity contribution in [3.05, 3.63) is 0 Å². The Morgan fingerprint density at radius 1 is 0.647 bits per heavy atom. The molecule has 0 aliphatic heterocycles. The molecular weight excluding hydrogens is 294 g/mol. The van der Waals surface area contributed by atoms with E-state index in [4.69, 9.17) is 12.3 Å². The van der Waals surface area contributed by atoms with E-state index in [2.05, 4.69) is 0 Å². The zero-order valence-corrected chi connectivity index (χ0v) is 16.0. The molecule has 0 saturated heterocycles. The smallest absolute Gasteiger partial charge is 0.437 e. The fourth-order valence-electron chi connectivity index (χ4n) is 1.65. The molecule has 0 heterocycles. The standard InChI is InChI=1S/C8H24F2O3Si4/c1-14(2,3)11-16(6,7)13-17(8,10)12-15(4,5)9/h1-8H3. The molecule has 0 aromatic rings. The summed E-state index contributed by atoms with van der Waals surface area (Å²) in [6, 6.07) is 0. The summed E-state index contributed by atoms with van der Waals surface area (Å²) >= 11 is 0. The van der Waals surface area contributed by atoms with E-state index in [1.807, 2.05) is 19.6 Å². The van der Waals surface area contributed by atoms with Crippen LogP contribution in [-0.4, -0.2) is 34.4 Å². The fourth-order valence-corrected chi connectivity index (χ4v) is 15.6. The minimum atomic E-state index is -3.93. The maximum absolute atomic E-state index is 14.1. The van der Waals surface area contributed by atoms with Crippen molar-refractivity contribution in [1.29, 1.82) is 0 Å². The zero-order chi connectivity index (χ0) is 14.1. The number of rotatable bonds is 6. The van der Waals surface area contributed by atoms with Crippen LogP contribution in [0.4, 0.5) is 8.22 Å². The van der Waals surface area contributed by atoms with Crippen LogP contribution < -0.4 is 0 Å². The lowest BCUT2D eigenvalue weighted by atomic mass is 11.8. The summed E-state index contributed by atoms with van der Waals surface area (Å²) < 4.78 is 43.6. The van der Waals surface area contributed by atoms with Gasteiger partial charge in [-0.05, 0) is 45.8 Å². The third-order valence-corrected chi connectivity index (χ3v) is 12.6. The van der Waals surface area contributed by atoms with Crippen molar-refractivity contribution >= 4 is 34.4 Å². The molecule has 0 N–H and O–H groups in total. The summed E-state index contributed by atoms with van der Waals surface area (Å²) in [5.74, 6) is 0. The minimum Gasteiger partial charge on any atom is -0.437 e. The molecule has 0 saturated carbocycles. The van der Waals surface area contributed by atoms with Crippen LogP contribution in [0.2, 0.25) is 52.4 Å². The highest BCUT2D eigenvalue weighted by Gasteiger charge is 2.47. The van der Waals surface area contributed by atoms with Gasteiger partial charge in [0.15, 0.2) is 8.32 Å². The highest BCUT2D eigenvalue weighted by molar-refractivity contribution is 6.86. The van der Waals surface area contributed by atoms with Crippen molar-refractivity contribution in [2.45, 2.75) is 52.4 Å². The SMILES string of the molecule is C[Si](C)(C)O[Si](C)(C)O[Si](C)(F)O[Si](C)(C)F. The highest BCUT2D eigenvalue weighted by Crippen LogP contribution is 2.24. The van der Waals surface area contributed by atoms with Crippen LogP contribution in [0.25, 0.3) is 0 Å². The van der Waals surface area contributed by atoms with E-state index >= 15 is 0 Å². The Kier molecular flexibility index (Phi) is 5.50. The molecule has 104 valence electrons. The molecule has 0 fully saturated rings. The molecular formula is C8H24F2O3Si4. The molecule has 0 amide bonds. The van der Waals surface area contributed by atoms with Crippen molar-refractivity contribution in [3.63, 3.8) is 0 Å². The quantitative estimate of drug-likeness (QED) is 0.551. The van der Waals surface area contributed by atoms with Gasteiger partial charge < -0.3 is 12.3 Å². The molecule has 0 aromatic heterocycles. The number of halogens is 2. The van der Waals surface area contributed by atoms with Crippen molar-refractivity contribution in [1.82, 2.24) is 0 Å². The van der Waals surface area contributed by atoms with Gasteiger partial charge in [0.25, 0.3) is 0 Å². The molecule has 17 heavy (non-hydrogen) atoms. The van der Waals surface area contributed by atoms with Gasteiger partial charge in [-0.2, -0.15) is 0 Å². The first kappa shape index (κ1) is 17.6. The third-order valence-electron chi connectivity index (χ3n) is 1.41. The predicted octanol–water partition coefficient (Wildman–Crippen LogP) is 3.78. The second-order valence-electron chi connectivity index (χ2n) is 6.02. The van der Waals surface area contributed by atoms with Gasteiger partial charge in [0.05, 0.1) is 0 Å². The average Bonchev–Trinajstić information content (AvgIpc) is 1.65. The van der Waals surface area contributed by atoms with Crippen molar-refractivity contribution < 1.29 is 20.6 Å². The lowest BCUT2D eigenvalue weighted by molar-refractivity contribution is 0.264. The summed E-state index contributed by atoms with van der Waals surface area (Å²) in [6.07, 6.45) is 0. The van der Waals surface area contributed by atoms with E-state index in [0.717, 1.165) is 0 Å². The van der Waals surface area contributed by atoms with Gasteiger partial charge in [-0.1, -0.05) is 0 Å². The molecule has 3 nitrogen and oxygen atoms in total. The second-order valence-corrected chi connectivity index (χ2v) is 19.9. The minimum absolute atomic E-state index is 1.23. The Hall–Kier alpha value is 0.608. The third kappa shape index (κ3) is 10.2. The van der Waals surface area contributed by atoms with Crippen LogP contribution in [0.3, 0.4) is 0 Å². The van der Waals surface area contributed by atoms with E-state index < -0.39 is 34.4 Å². The van der Waals surface area contributed by atoms with Gasteiger partial charge in [0.1, 0.15) is 0 Å². The molecule has 0 radical (unpaired) electrons. The summed E-state index contributed by atoms with van der Waals surface area (Å²) in [6.45, 7) is 13.4. The Morgan fingerprint density at radius 3 is 1.35 bits per heavy atom. The van der Waals surface area contributed by atoms with Gasteiger partial charge >= 0.3 is 26.1 Å². The topological polar surface area (TPSA) is 27.7 Å². The first-order valence-electron chi connectivity index (χ1n) is 5.60. The maximum Gasteiger partial charge on any atom is 0.519 e. The number of hydrogen-bond donors (Lipinski definition) is 0. The van der Waals surface area contributed by atoms with Crippen LogP contribution >= 0.6 is 0 Å². The van der Waals surface area contributed by atoms with E-state index in [0.29, 0.717) is 0 Å². The van der Waals surface area contributed by atoms with Crippen LogP contribution in [0.5, 0.6) is 0 Å². The van der Waals surface area contributed by atoms with Gasteiger partial charge in [-0.3, -0.25) is 4.11 Å². The van der Waals surface area contributed by atoms with Crippen LogP contribution in [0, 0.1) is 0 Å². The summed E-state index contributed by atoms with van der Waals surface area (Å²) in [7, 11) is -11.7. The van der Waals surface area contributed by atoms with Crippen LogP contribution in [0.1, 0.15) is 0 Å². The van der Waals surface area contributed by atoms with E-state index in [1.54, 1.807) is 13.1 Å². The largest absolute Gasteiger partial charge is 0.519 e. The molecule has 0 rings (SSSR count). The summed E-state index contributed by atoms with van der Waals surface area (Å²) in [5.41, 5.74) is 0. The second kappa shape index (κ2) is 5.31. The normalized spacial score (nSPS) is 18.0. The Balaban J connectivity index is 4.59. The molecule has 1 atom stereocenters. The molecule has 0 spiro atoms. The monoisotopic (exact) mass is 318 g/mol. The zero-order valence-electron chi connectivity index (χ0n) is 12.0. The molecule has 1 unspecified atom stereocenters. The number of hydrogen-bond acceptors (Lipinski definition) is 3. The van der Waals surface area contributed by atoms with Crippen molar-refractivity contribution in [2.24, 2.45) is 0 Å². The first-order chi connectivity index (χ1) is 7.12. The lowest BCUT2D eigenvalue weighted by Crippen LogP contribution is -2.54. The maximum atomic E-state index is 14.1. The highest BCUT2D eigenvalue weighted by atomic mass is 28.5. The predicted molar refractivity (Wildman–Crippen MR) is 75.4 cm³/mol. The Labute approximate surface area is 108 Å². The molecule has 0 aliphatic carbocycles. The fraction of sp³-hybridized carbons (Fsp3) is 1.00. The van der Waals surface area contributed by atoms with Gasteiger partial charge in [0.2, 0.25) is 0 Å². The molecule has 0 bridgehead atoms. The van der Waals surface area contributed by atoms with E-state index in [9.17, 15) is 8.22 Å². The van der Waals surface area contributed by atoms with E-state index in [-0.39, 0.29) is 0 Å². The molecule has 0 aromatic carbocycles. The first-order valence-corrected chi connectivity index (χ1v) is 16.8. The molecule has 9 heteroatoms. The Morgan fingerprint density at radius 2 is 1.06 bits per heavy atom. The average molecular weight is 319 g/mol. The van der Waals surface area contributed by atoms with Crippen molar-refractivity contribution in [2.75, 3.05) is 0 Å². The Bertz CT molecular complexity index is 234.